The van der Waals surface area contributed by atoms with E-state index in [2.05, 4.69) is 4.98 Å². The Morgan fingerprint density at radius 1 is 1.47 bits per heavy atom. The molecule has 1 heterocycles. The van der Waals surface area contributed by atoms with Crippen molar-refractivity contribution in [1.29, 1.82) is 0 Å². The molecule has 5 nitrogen and oxygen atoms in total. The number of hydrogen-bond acceptors (Lipinski definition) is 5. The van der Waals surface area contributed by atoms with E-state index < -0.39 is 12.2 Å². The largest absolute Gasteiger partial charge is 0.481 e. The average Bonchev–Trinajstić information content (AvgIpc) is 2.28. The van der Waals surface area contributed by atoms with Crippen LogP contribution in [0.25, 0.3) is 0 Å². The van der Waals surface area contributed by atoms with Gasteiger partial charge in [0.25, 0.3) is 0 Å². The lowest BCUT2D eigenvalue weighted by atomic mass is 10.0. The summed E-state index contributed by atoms with van der Waals surface area (Å²) in [6, 6.07) is 3.30. The summed E-state index contributed by atoms with van der Waals surface area (Å²) in [5.74, 6) is 0.472. The summed E-state index contributed by atoms with van der Waals surface area (Å²) in [5.41, 5.74) is 5.84. The molecule has 0 saturated heterocycles. The van der Waals surface area contributed by atoms with Crippen LogP contribution in [0.3, 0.4) is 0 Å². The smallest absolute Gasteiger partial charge is 0.212 e. The van der Waals surface area contributed by atoms with Crippen molar-refractivity contribution in [3.63, 3.8) is 0 Å². The predicted octanol–water partition coefficient (Wildman–Crippen LogP) is -0.167. The van der Waals surface area contributed by atoms with Crippen molar-refractivity contribution in [2.75, 3.05) is 13.7 Å². The van der Waals surface area contributed by atoms with Crippen LogP contribution in [0.5, 0.6) is 5.88 Å². The van der Waals surface area contributed by atoms with E-state index in [1.165, 1.54) is 13.3 Å². The molecular weight excluding hydrogens is 196 g/mol. The van der Waals surface area contributed by atoms with Crippen molar-refractivity contribution >= 4 is 0 Å². The van der Waals surface area contributed by atoms with Crippen LogP contribution in [-0.2, 0) is 0 Å². The maximum atomic E-state index is 9.70. The third-order valence-corrected chi connectivity index (χ3v) is 2.14. The van der Waals surface area contributed by atoms with Crippen LogP contribution in [0.4, 0.5) is 0 Å². The van der Waals surface area contributed by atoms with Gasteiger partial charge in [-0.05, 0) is 19.0 Å². The number of aliphatic hydroxyl groups excluding tert-OH is 2. The number of nitrogens with zero attached hydrogens (tertiary/aromatic N) is 1. The molecule has 0 aliphatic heterocycles. The lowest BCUT2D eigenvalue weighted by Gasteiger charge is -2.17. The molecule has 0 aliphatic rings. The lowest BCUT2D eigenvalue weighted by molar-refractivity contribution is 0.0148. The van der Waals surface area contributed by atoms with Gasteiger partial charge in [-0.15, -0.1) is 0 Å². The maximum absolute atomic E-state index is 9.70. The van der Waals surface area contributed by atoms with Crippen LogP contribution in [0.2, 0.25) is 0 Å². The van der Waals surface area contributed by atoms with E-state index in [1.54, 1.807) is 12.1 Å². The van der Waals surface area contributed by atoms with Gasteiger partial charge in [-0.25, -0.2) is 4.98 Å². The third-order valence-electron chi connectivity index (χ3n) is 2.14. The lowest BCUT2D eigenvalue weighted by Crippen LogP contribution is -2.21. The maximum Gasteiger partial charge on any atom is 0.212 e. The van der Waals surface area contributed by atoms with Crippen LogP contribution >= 0.6 is 0 Å². The van der Waals surface area contributed by atoms with Gasteiger partial charge in [0.05, 0.1) is 13.2 Å². The molecule has 2 unspecified atom stereocenters. The van der Waals surface area contributed by atoms with Gasteiger partial charge in [0.15, 0.2) is 0 Å². The molecule has 15 heavy (non-hydrogen) atoms. The fourth-order valence-corrected chi connectivity index (χ4v) is 1.24. The molecule has 0 bridgehead atoms. The molecule has 0 fully saturated rings. The van der Waals surface area contributed by atoms with Crippen molar-refractivity contribution < 1.29 is 14.9 Å². The Morgan fingerprint density at radius 2 is 2.20 bits per heavy atom. The van der Waals surface area contributed by atoms with E-state index in [1.807, 2.05) is 0 Å². The molecule has 2 atom stereocenters. The Kier molecular flexibility index (Phi) is 4.48. The summed E-state index contributed by atoms with van der Waals surface area (Å²) in [7, 11) is 1.52. The first-order valence-corrected chi connectivity index (χ1v) is 4.75. The highest BCUT2D eigenvalue weighted by Gasteiger charge is 2.17. The third kappa shape index (κ3) is 3.16. The number of hydrogen-bond donors (Lipinski definition) is 3. The highest BCUT2D eigenvalue weighted by Crippen LogP contribution is 2.19. The van der Waals surface area contributed by atoms with Crippen molar-refractivity contribution in [2.45, 2.75) is 18.6 Å². The molecule has 0 radical (unpaired) electrons. The fourth-order valence-electron chi connectivity index (χ4n) is 1.24. The Bertz CT molecular complexity index is 289. The van der Waals surface area contributed by atoms with Gasteiger partial charge in [-0.2, -0.15) is 0 Å². The quantitative estimate of drug-likeness (QED) is 0.630. The molecular formula is C10H16N2O3. The van der Waals surface area contributed by atoms with Crippen molar-refractivity contribution in [1.82, 2.24) is 4.98 Å². The Labute approximate surface area is 88.5 Å². The number of methoxy groups -OCH3 is 1. The number of ether oxygens (including phenoxy) is 1. The van der Waals surface area contributed by atoms with Gasteiger partial charge in [0.1, 0.15) is 6.10 Å². The van der Waals surface area contributed by atoms with Crippen molar-refractivity contribution in [3.8, 4) is 5.88 Å². The molecule has 0 saturated carbocycles. The second-order valence-electron chi connectivity index (χ2n) is 3.22. The van der Waals surface area contributed by atoms with E-state index in [4.69, 9.17) is 10.5 Å². The summed E-state index contributed by atoms with van der Waals surface area (Å²) in [6.07, 6.45) is 0.0216. The minimum absolute atomic E-state index is 0.335. The monoisotopic (exact) mass is 212 g/mol. The van der Waals surface area contributed by atoms with Gasteiger partial charge >= 0.3 is 0 Å². The first-order chi connectivity index (χ1) is 7.19. The number of aliphatic hydroxyl groups is 2. The highest BCUT2D eigenvalue weighted by atomic mass is 16.5. The zero-order chi connectivity index (χ0) is 11.3. The zero-order valence-electron chi connectivity index (χ0n) is 8.63. The van der Waals surface area contributed by atoms with E-state index >= 15 is 0 Å². The number of pyridine rings is 1. The fraction of sp³-hybridized carbons (Fsp3) is 0.500. The molecule has 0 spiro atoms. The second kappa shape index (κ2) is 5.65. The predicted molar refractivity (Wildman–Crippen MR) is 55.4 cm³/mol. The van der Waals surface area contributed by atoms with Crippen molar-refractivity contribution in [3.05, 3.63) is 23.9 Å². The van der Waals surface area contributed by atoms with E-state index in [0.717, 1.165) is 0 Å². The van der Waals surface area contributed by atoms with Gasteiger partial charge in [-0.3, -0.25) is 0 Å². The molecule has 84 valence electrons. The SMILES string of the molecule is COc1ccc(C(O)C(O)CCN)cn1. The summed E-state index contributed by atoms with van der Waals surface area (Å²) < 4.78 is 4.88. The second-order valence-corrected chi connectivity index (χ2v) is 3.22. The topological polar surface area (TPSA) is 88.6 Å². The molecule has 0 aromatic carbocycles. The van der Waals surface area contributed by atoms with Gasteiger partial charge in [-0.1, -0.05) is 0 Å². The van der Waals surface area contributed by atoms with E-state index in [0.29, 0.717) is 24.4 Å². The van der Waals surface area contributed by atoms with Crippen LogP contribution in [-0.4, -0.2) is 35.0 Å². The van der Waals surface area contributed by atoms with Crippen LogP contribution in [0.15, 0.2) is 18.3 Å². The number of aromatic nitrogens is 1. The zero-order valence-corrected chi connectivity index (χ0v) is 8.63. The molecule has 5 heteroatoms. The minimum atomic E-state index is -0.952. The molecule has 4 N–H and O–H groups in total. The standard InChI is InChI=1S/C10H16N2O3/c1-15-9-3-2-7(6-12-9)10(14)8(13)4-5-11/h2-3,6,8,10,13-14H,4-5,11H2,1H3. The molecule has 1 rings (SSSR count). The van der Waals surface area contributed by atoms with E-state index in [-0.39, 0.29) is 0 Å². The minimum Gasteiger partial charge on any atom is -0.481 e. The van der Waals surface area contributed by atoms with Crippen LogP contribution < -0.4 is 10.5 Å². The first kappa shape index (κ1) is 11.9. The molecule has 1 aromatic heterocycles. The summed E-state index contributed by atoms with van der Waals surface area (Å²) >= 11 is 0. The number of nitrogens with two attached hydrogens (primary N) is 1. The Morgan fingerprint density at radius 3 is 2.67 bits per heavy atom. The Hall–Kier alpha value is -1.17. The van der Waals surface area contributed by atoms with Crippen molar-refractivity contribution in [2.24, 2.45) is 5.73 Å². The summed E-state index contributed by atoms with van der Waals surface area (Å²) in [5, 5.41) is 19.2. The average molecular weight is 212 g/mol. The number of rotatable bonds is 5. The van der Waals surface area contributed by atoms with E-state index in [9.17, 15) is 10.2 Å². The normalized spacial score (nSPS) is 14.7. The molecule has 0 aliphatic carbocycles. The summed E-state index contributed by atoms with van der Waals surface area (Å²) in [4.78, 5) is 3.94. The molecule has 0 amide bonds. The molecule has 1 aromatic rings. The van der Waals surface area contributed by atoms with Crippen LogP contribution in [0, 0.1) is 0 Å². The van der Waals surface area contributed by atoms with Gasteiger partial charge < -0.3 is 20.7 Å². The Balaban J connectivity index is 2.69. The highest BCUT2D eigenvalue weighted by molar-refractivity contribution is 5.20. The summed E-state index contributed by atoms with van der Waals surface area (Å²) in [6.45, 7) is 0.335. The van der Waals surface area contributed by atoms with Crippen LogP contribution in [0.1, 0.15) is 18.1 Å². The first-order valence-electron chi connectivity index (χ1n) is 4.75. The van der Waals surface area contributed by atoms with Gasteiger partial charge in [0, 0.05) is 17.8 Å². The van der Waals surface area contributed by atoms with Gasteiger partial charge in [0.2, 0.25) is 5.88 Å².